The van der Waals surface area contributed by atoms with Gasteiger partial charge >= 0.3 is 18.1 Å². The lowest BCUT2D eigenvalue weighted by atomic mass is 9.78. The van der Waals surface area contributed by atoms with Crippen LogP contribution in [-0.2, 0) is 31.9 Å². The number of para-hydroxylation sites is 1. The molecule has 4 aliphatic heterocycles. The zero-order valence-corrected chi connectivity index (χ0v) is 31.9. The number of hydrogen-bond acceptors (Lipinski definition) is 8. The van der Waals surface area contributed by atoms with Crippen LogP contribution in [0, 0.1) is 25.7 Å². The molecule has 3 saturated heterocycles. The van der Waals surface area contributed by atoms with Crippen LogP contribution in [0.2, 0.25) is 0 Å². The number of carbonyl (C=O) groups is 4. The molecular weight excluding hydrogens is 674 g/mol. The van der Waals surface area contributed by atoms with Gasteiger partial charge < -0.3 is 34.6 Å². The molecule has 53 heavy (non-hydrogen) atoms. The fourth-order valence-electron chi connectivity index (χ4n) is 8.71. The number of fused-ring (bicyclic) bond motifs is 1. The molecule has 1 atom stereocenters. The van der Waals surface area contributed by atoms with Gasteiger partial charge in [-0.15, -0.1) is 0 Å². The molecule has 6 rings (SSSR count). The summed E-state index contributed by atoms with van der Waals surface area (Å²) in [7, 11) is 0. The number of benzene rings is 2. The summed E-state index contributed by atoms with van der Waals surface area (Å²) in [6, 6.07) is 11.5. The van der Waals surface area contributed by atoms with E-state index in [2.05, 4.69) is 10.2 Å². The molecule has 3 fully saturated rings. The van der Waals surface area contributed by atoms with Gasteiger partial charge in [0.05, 0.1) is 12.6 Å². The van der Waals surface area contributed by atoms with Crippen LogP contribution < -0.4 is 5.32 Å². The Morgan fingerprint density at radius 3 is 2.08 bits per heavy atom. The first-order chi connectivity index (χ1) is 25.4. The van der Waals surface area contributed by atoms with E-state index in [4.69, 9.17) is 9.47 Å². The Kier molecular flexibility index (Phi) is 12.5. The van der Waals surface area contributed by atoms with Crippen molar-refractivity contribution in [1.82, 2.24) is 19.6 Å². The number of anilines is 1. The quantitative estimate of drug-likeness (QED) is 0.323. The molecular formula is C41H57N5O7. The van der Waals surface area contributed by atoms with Crippen molar-refractivity contribution in [3.63, 3.8) is 0 Å². The third-order valence-electron chi connectivity index (χ3n) is 11.7. The predicted octanol–water partition coefficient (Wildman–Crippen LogP) is 5.51. The first kappa shape index (κ1) is 38.4. The second kappa shape index (κ2) is 17.2. The molecule has 12 heteroatoms. The van der Waals surface area contributed by atoms with Gasteiger partial charge in [0.25, 0.3) is 5.91 Å². The summed E-state index contributed by atoms with van der Waals surface area (Å²) < 4.78 is 11.4. The number of hydrogen-bond donors (Lipinski definition) is 2. The minimum atomic E-state index is -0.996. The van der Waals surface area contributed by atoms with E-state index in [-0.39, 0.29) is 42.2 Å². The van der Waals surface area contributed by atoms with Crippen molar-refractivity contribution in [1.29, 1.82) is 0 Å². The van der Waals surface area contributed by atoms with Gasteiger partial charge in [-0.2, -0.15) is 0 Å². The van der Waals surface area contributed by atoms with Crippen LogP contribution in [0.3, 0.4) is 0 Å². The van der Waals surface area contributed by atoms with Crippen molar-refractivity contribution in [2.75, 3.05) is 57.7 Å². The standard InChI is InChI=1S/C41H57N5O7/c1-27(2)52-37(47)26-43-16-9-31(10-17-43)32-11-18-44(19-12-32)39(49)36(25-30-23-28(3)38(48)29(4)24-30)53-41(51)45-20-14-34(15-21-45)46-22-13-33-7-5-6-8-35(33)42-40(46)50/h5-8,23-24,27,31-32,34,36,48H,9-22,25-26H2,1-4H3,(H,42,50)/t36-/m1/s1. The van der Waals surface area contributed by atoms with Gasteiger partial charge in [0, 0.05) is 50.9 Å². The molecule has 0 aliphatic carbocycles. The lowest BCUT2D eigenvalue weighted by Gasteiger charge is -2.41. The van der Waals surface area contributed by atoms with Crippen LogP contribution >= 0.6 is 0 Å². The molecule has 4 aliphatic rings. The van der Waals surface area contributed by atoms with Gasteiger partial charge in [-0.05, 0) is 126 Å². The van der Waals surface area contributed by atoms with Gasteiger partial charge in [0.15, 0.2) is 6.10 Å². The highest BCUT2D eigenvalue weighted by atomic mass is 16.6. The zero-order chi connectivity index (χ0) is 37.6. The SMILES string of the molecule is Cc1cc(C[C@@H](OC(=O)N2CCC(N3CCc4ccccc4NC3=O)CC2)C(=O)N2CCC(C3CCN(CC(=O)OC(C)C)CC3)CC2)cc(C)c1O. The Morgan fingerprint density at radius 2 is 1.43 bits per heavy atom. The van der Waals surface area contributed by atoms with Crippen LogP contribution in [0.25, 0.3) is 0 Å². The highest BCUT2D eigenvalue weighted by molar-refractivity contribution is 5.91. The fraction of sp³-hybridized carbons (Fsp3) is 0.610. The monoisotopic (exact) mass is 731 g/mol. The number of amides is 4. The van der Waals surface area contributed by atoms with E-state index in [0.29, 0.717) is 75.1 Å². The van der Waals surface area contributed by atoms with Gasteiger partial charge in [0.2, 0.25) is 0 Å². The average Bonchev–Trinajstić information content (AvgIpc) is 3.31. The molecule has 2 N–H and O–H groups in total. The number of nitrogens with one attached hydrogen (secondary N) is 1. The number of aryl methyl sites for hydroxylation is 2. The third kappa shape index (κ3) is 9.62. The highest BCUT2D eigenvalue weighted by Gasteiger charge is 2.37. The summed E-state index contributed by atoms with van der Waals surface area (Å²) in [4.78, 5) is 60.7. The molecule has 0 aromatic heterocycles. The Balaban J connectivity index is 1.04. The number of phenolic OH excluding ortho intramolecular Hbond substituents is 1. The number of carbonyl (C=O) groups excluding carboxylic acids is 4. The van der Waals surface area contributed by atoms with Crippen LogP contribution in [-0.4, -0.2) is 119 Å². The number of phenols is 1. The highest BCUT2D eigenvalue weighted by Crippen LogP contribution is 2.33. The Labute approximate surface area is 313 Å². The Hall–Kier alpha value is -4.32. The molecule has 2 aromatic carbocycles. The number of likely N-dealkylation sites (tertiary alicyclic amines) is 3. The number of esters is 1. The minimum absolute atomic E-state index is 0.00338. The summed E-state index contributed by atoms with van der Waals surface area (Å²) in [6.07, 6.45) is 4.47. The van der Waals surface area contributed by atoms with E-state index >= 15 is 0 Å². The van der Waals surface area contributed by atoms with Gasteiger partial charge in [-0.25, -0.2) is 9.59 Å². The molecule has 288 valence electrons. The number of rotatable bonds is 9. The van der Waals surface area contributed by atoms with Gasteiger partial charge in [0.1, 0.15) is 5.75 Å². The van der Waals surface area contributed by atoms with Crippen LogP contribution in [0.5, 0.6) is 5.75 Å². The summed E-state index contributed by atoms with van der Waals surface area (Å²) in [6.45, 7) is 12.2. The Bertz CT molecular complexity index is 1600. The molecule has 0 bridgehead atoms. The minimum Gasteiger partial charge on any atom is -0.507 e. The maximum Gasteiger partial charge on any atom is 0.410 e. The second-order valence-electron chi connectivity index (χ2n) is 15.7. The molecule has 2 aromatic rings. The first-order valence-corrected chi connectivity index (χ1v) is 19.6. The van der Waals surface area contributed by atoms with E-state index in [1.165, 1.54) is 0 Å². The molecule has 0 saturated carbocycles. The third-order valence-corrected chi connectivity index (χ3v) is 11.7. The van der Waals surface area contributed by atoms with E-state index in [1.807, 2.05) is 73.9 Å². The fourth-order valence-corrected chi connectivity index (χ4v) is 8.71. The normalized spacial score (nSPS) is 20.1. The molecule has 4 amide bonds. The lowest BCUT2D eigenvalue weighted by Crippen LogP contribution is -2.52. The van der Waals surface area contributed by atoms with E-state index in [1.54, 1.807) is 4.90 Å². The number of ether oxygens (including phenoxy) is 2. The van der Waals surface area contributed by atoms with Crippen LogP contribution in [0.4, 0.5) is 15.3 Å². The summed E-state index contributed by atoms with van der Waals surface area (Å²) >= 11 is 0. The summed E-state index contributed by atoms with van der Waals surface area (Å²) in [5, 5.41) is 13.4. The largest absolute Gasteiger partial charge is 0.507 e. The molecule has 12 nitrogen and oxygen atoms in total. The summed E-state index contributed by atoms with van der Waals surface area (Å²) in [5.41, 5.74) is 4.22. The summed E-state index contributed by atoms with van der Waals surface area (Å²) in [5.74, 6) is 0.932. The molecule has 0 unspecified atom stereocenters. The van der Waals surface area contributed by atoms with E-state index < -0.39 is 12.2 Å². The topological polar surface area (TPSA) is 132 Å². The van der Waals surface area contributed by atoms with Crippen molar-refractivity contribution in [3.05, 3.63) is 58.7 Å². The molecule has 0 radical (unpaired) electrons. The van der Waals surface area contributed by atoms with Crippen molar-refractivity contribution in [2.24, 2.45) is 11.8 Å². The maximum absolute atomic E-state index is 14.2. The lowest BCUT2D eigenvalue weighted by molar-refractivity contribution is -0.149. The number of aromatic hydroxyl groups is 1. The molecule has 0 spiro atoms. The van der Waals surface area contributed by atoms with Gasteiger partial charge in [-0.3, -0.25) is 14.5 Å². The van der Waals surface area contributed by atoms with Gasteiger partial charge in [-0.1, -0.05) is 30.3 Å². The number of urea groups is 1. The van der Waals surface area contributed by atoms with Crippen LogP contribution in [0.15, 0.2) is 36.4 Å². The second-order valence-corrected chi connectivity index (χ2v) is 15.7. The van der Waals surface area contributed by atoms with Crippen molar-refractivity contribution in [3.8, 4) is 5.75 Å². The van der Waals surface area contributed by atoms with Crippen LogP contribution in [0.1, 0.15) is 74.6 Å². The molecule has 4 heterocycles. The Morgan fingerprint density at radius 1 is 0.830 bits per heavy atom. The smallest absolute Gasteiger partial charge is 0.410 e. The number of nitrogens with zero attached hydrogens (tertiary/aromatic N) is 4. The van der Waals surface area contributed by atoms with Crippen molar-refractivity contribution in [2.45, 2.75) is 97.3 Å². The average molecular weight is 732 g/mol. The van der Waals surface area contributed by atoms with Crippen molar-refractivity contribution >= 4 is 29.7 Å². The van der Waals surface area contributed by atoms with Crippen molar-refractivity contribution < 1.29 is 33.8 Å². The number of piperidine rings is 3. The zero-order valence-electron chi connectivity index (χ0n) is 31.9. The van der Waals surface area contributed by atoms with E-state index in [0.717, 1.165) is 62.0 Å². The van der Waals surface area contributed by atoms with E-state index in [9.17, 15) is 24.3 Å². The maximum atomic E-state index is 14.2. The first-order valence-electron chi connectivity index (χ1n) is 19.6. The predicted molar refractivity (Wildman–Crippen MR) is 202 cm³/mol.